The maximum absolute atomic E-state index is 10.1. The average Bonchev–Trinajstić information content (AvgIpc) is 2.17. The van der Waals surface area contributed by atoms with Gasteiger partial charge < -0.3 is 10.0 Å². The minimum absolute atomic E-state index is 0.121. The zero-order chi connectivity index (χ0) is 11.2. The van der Waals surface area contributed by atoms with Gasteiger partial charge >= 0.3 is 0 Å². The summed E-state index contributed by atoms with van der Waals surface area (Å²) in [6.45, 7) is 6.04. The maximum Gasteiger partial charge on any atom is 0.0832 e. The lowest BCUT2D eigenvalue weighted by molar-refractivity contribution is -0.00983. The smallest absolute Gasteiger partial charge is 0.0832 e. The fourth-order valence-electron chi connectivity index (χ4n) is 2.04. The van der Waals surface area contributed by atoms with Crippen LogP contribution in [0.15, 0.2) is 0 Å². The van der Waals surface area contributed by atoms with Crippen LogP contribution in [-0.2, 0) is 0 Å². The Labute approximate surface area is 88.3 Å². The van der Waals surface area contributed by atoms with E-state index in [1.807, 2.05) is 21.0 Å². The first kappa shape index (κ1) is 13.5. The second-order valence-corrected chi connectivity index (χ2v) is 3.85. The van der Waals surface area contributed by atoms with Gasteiger partial charge in [0.15, 0.2) is 0 Å². The Hall–Kier alpha value is -0.520. The van der Waals surface area contributed by atoms with Crippen molar-refractivity contribution in [3.05, 3.63) is 0 Å². The van der Waals surface area contributed by atoms with Crippen LogP contribution in [0.3, 0.4) is 0 Å². The van der Waals surface area contributed by atoms with Crippen molar-refractivity contribution in [2.24, 2.45) is 0 Å². The fraction of sp³-hybridized carbons (Fsp3) is 0.833. The Bertz CT molecular complexity index is 208. The van der Waals surface area contributed by atoms with Crippen LogP contribution in [0, 0.1) is 11.8 Å². The van der Waals surface area contributed by atoms with Gasteiger partial charge in [-0.25, -0.2) is 0 Å². The summed E-state index contributed by atoms with van der Waals surface area (Å²) in [6, 6.07) is 0. The molecular weight excluding hydrogens is 174 g/mol. The summed E-state index contributed by atoms with van der Waals surface area (Å²) in [4.78, 5) is 2.12. The van der Waals surface area contributed by atoms with Gasteiger partial charge in [0, 0.05) is 12.0 Å². The Morgan fingerprint density at radius 3 is 2.07 bits per heavy atom. The second kappa shape index (κ2) is 6.06. The SMILES string of the molecule is CC#CCC(O)C(CC)(CC)N(C)C. The van der Waals surface area contributed by atoms with Gasteiger partial charge in [-0.3, -0.25) is 0 Å². The lowest BCUT2D eigenvalue weighted by Gasteiger charge is -2.42. The minimum Gasteiger partial charge on any atom is -0.390 e. The highest BCUT2D eigenvalue weighted by atomic mass is 16.3. The van der Waals surface area contributed by atoms with Crippen LogP contribution < -0.4 is 0 Å². The molecule has 0 aromatic carbocycles. The van der Waals surface area contributed by atoms with Crippen molar-refractivity contribution in [1.29, 1.82) is 0 Å². The molecule has 0 amide bonds. The monoisotopic (exact) mass is 197 g/mol. The number of rotatable bonds is 5. The first-order chi connectivity index (χ1) is 6.55. The van der Waals surface area contributed by atoms with Crippen molar-refractivity contribution in [3.63, 3.8) is 0 Å². The molecule has 2 nitrogen and oxygen atoms in total. The number of nitrogens with zero attached hydrogens (tertiary/aromatic N) is 1. The van der Waals surface area contributed by atoms with E-state index in [-0.39, 0.29) is 11.6 Å². The molecule has 82 valence electrons. The van der Waals surface area contributed by atoms with Crippen LogP contribution in [0.1, 0.15) is 40.0 Å². The number of hydrogen-bond acceptors (Lipinski definition) is 2. The van der Waals surface area contributed by atoms with Gasteiger partial charge in [-0.05, 0) is 33.9 Å². The maximum atomic E-state index is 10.1. The minimum atomic E-state index is -0.361. The molecule has 0 fully saturated rings. The van der Waals surface area contributed by atoms with Gasteiger partial charge in [0.1, 0.15) is 0 Å². The van der Waals surface area contributed by atoms with Crippen LogP contribution in [0.4, 0.5) is 0 Å². The van der Waals surface area contributed by atoms with Crippen molar-refractivity contribution in [1.82, 2.24) is 4.90 Å². The van der Waals surface area contributed by atoms with Gasteiger partial charge in [0.2, 0.25) is 0 Å². The standard InChI is InChI=1S/C12H23NO/c1-6-9-10-11(14)12(7-2,8-3)13(4)5/h11,14H,7-8,10H2,1-5H3. The Morgan fingerprint density at radius 1 is 1.29 bits per heavy atom. The molecule has 1 atom stereocenters. The molecule has 2 heteroatoms. The molecule has 0 saturated carbocycles. The van der Waals surface area contributed by atoms with E-state index in [0.717, 1.165) is 12.8 Å². The van der Waals surface area contributed by atoms with Gasteiger partial charge in [0.05, 0.1) is 6.10 Å². The van der Waals surface area contributed by atoms with E-state index in [1.54, 1.807) is 0 Å². The summed E-state index contributed by atoms with van der Waals surface area (Å²) < 4.78 is 0. The zero-order valence-corrected chi connectivity index (χ0v) is 10.1. The normalized spacial score (nSPS) is 13.6. The third-order valence-electron chi connectivity index (χ3n) is 3.21. The summed E-state index contributed by atoms with van der Waals surface area (Å²) in [7, 11) is 4.05. The summed E-state index contributed by atoms with van der Waals surface area (Å²) in [6.07, 6.45) is 2.10. The first-order valence-corrected chi connectivity index (χ1v) is 5.30. The molecule has 0 rings (SSSR count). The molecule has 0 radical (unpaired) electrons. The molecule has 0 aromatic rings. The summed E-state index contributed by atoms with van der Waals surface area (Å²) in [5.74, 6) is 5.78. The molecule has 0 aliphatic heterocycles. The van der Waals surface area contributed by atoms with Crippen molar-refractivity contribution < 1.29 is 5.11 Å². The highest BCUT2D eigenvalue weighted by molar-refractivity contribution is 5.03. The van der Waals surface area contributed by atoms with E-state index in [1.165, 1.54) is 0 Å². The van der Waals surface area contributed by atoms with Crippen LogP contribution in [0.2, 0.25) is 0 Å². The zero-order valence-electron chi connectivity index (χ0n) is 10.1. The molecule has 1 N–H and O–H groups in total. The first-order valence-electron chi connectivity index (χ1n) is 5.30. The van der Waals surface area contributed by atoms with E-state index < -0.39 is 0 Å². The van der Waals surface area contributed by atoms with Crippen molar-refractivity contribution >= 4 is 0 Å². The molecule has 0 heterocycles. The lowest BCUT2D eigenvalue weighted by atomic mass is 9.84. The van der Waals surface area contributed by atoms with E-state index in [2.05, 4.69) is 30.6 Å². The summed E-state index contributed by atoms with van der Waals surface area (Å²) in [5, 5.41) is 10.1. The van der Waals surface area contributed by atoms with Crippen LogP contribution in [-0.4, -0.2) is 35.7 Å². The third kappa shape index (κ3) is 2.73. The van der Waals surface area contributed by atoms with Crippen LogP contribution in [0.5, 0.6) is 0 Å². The van der Waals surface area contributed by atoms with Crippen LogP contribution in [0.25, 0.3) is 0 Å². The predicted molar refractivity (Wildman–Crippen MR) is 61.1 cm³/mol. The Kier molecular flexibility index (Phi) is 5.83. The molecule has 1 unspecified atom stereocenters. The fourth-order valence-corrected chi connectivity index (χ4v) is 2.04. The van der Waals surface area contributed by atoms with E-state index in [0.29, 0.717) is 6.42 Å². The van der Waals surface area contributed by atoms with E-state index >= 15 is 0 Å². The Morgan fingerprint density at radius 2 is 1.79 bits per heavy atom. The molecule has 0 saturated heterocycles. The van der Waals surface area contributed by atoms with Gasteiger partial charge in [-0.1, -0.05) is 13.8 Å². The van der Waals surface area contributed by atoms with E-state index in [9.17, 15) is 5.11 Å². The highest BCUT2D eigenvalue weighted by Crippen LogP contribution is 2.27. The molecular formula is C12H23NO. The van der Waals surface area contributed by atoms with Gasteiger partial charge in [0.25, 0.3) is 0 Å². The Balaban J connectivity index is 4.67. The van der Waals surface area contributed by atoms with E-state index in [4.69, 9.17) is 0 Å². The molecule has 0 bridgehead atoms. The predicted octanol–water partition coefficient (Wildman–Crippen LogP) is 1.88. The second-order valence-electron chi connectivity index (χ2n) is 3.85. The molecule has 0 aliphatic rings. The average molecular weight is 197 g/mol. The molecule has 0 aliphatic carbocycles. The largest absolute Gasteiger partial charge is 0.390 e. The number of aliphatic hydroxyl groups excluding tert-OH is 1. The topological polar surface area (TPSA) is 23.5 Å². The van der Waals surface area contributed by atoms with Crippen molar-refractivity contribution in [3.8, 4) is 11.8 Å². The lowest BCUT2D eigenvalue weighted by Crippen LogP contribution is -2.52. The number of likely N-dealkylation sites (N-methyl/N-ethyl adjacent to an activating group) is 1. The molecule has 0 spiro atoms. The molecule has 0 aromatic heterocycles. The van der Waals surface area contributed by atoms with Crippen molar-refractivity contribution in [2.75, 3.05) is 14.1 Å². The summed E-state index contributed by atoms with van der Waals surface area (Å²) >= 11 is 0. The molecule has 14 heavy (non-hydrogen) atoms. The highest BCUT2D eigenvalue weighted by Gasteiger charge is 2.35. The third-order valence-corrected chi connectivity index (χ3v) is 3.21. The van der Waals surface area contributed by atoms with Crippen molar-refractivity contribution in [2.45, 2.75) is 51.7 Å². The van der Waals surface area contributed by atoms with Crippen LogP contribution >= 0.6 is 0 Å². The summed E-state index contributed by atoms with van der Waals surface area (Å²) in [5.41, 5.74) is -0.121. The number of hydrogen-bond donors (Lipinski definition) is 1. The van der Waals surface area contributed by atoms with Gasteiger partial charge in [-0.2, -0.15) is 0 Å². The quantitative estimate of drug-likeness (QED) is 0.680. The number of aliphatic hydroxyl groups is 1. The van der Waals surface area contributed by atoms with Gasteiger partial charge in [-0.15, -0.1) is 11.8 Å².